The van der Waals surface area contributed by atoms with Gasteiger partial charge in [0.15, 0.2) is 5.82 Å². The van der Waals surface area contributed by atoms with Crippen LogP contribution in [0, 0.1) is 0 Å². The predicted molar refractivity (Wildman–Crippen MR) is 55.3 cm³/mol. The summed E-state index contributed by atoms with van der Waals surface area (Å²) in [7, 11) is -1.74. The maximum Gasteiger partial charge on any atom is 0.236 e. The summed E-state index contributed by atoms with van der Waals surface area (Å²) in [6.07, 6.45) is 1.40. The lowest BCUT2D eigenvalue weighted by atomic mass is 10.5. The molecule has 0 unspecified atom stereocenters. The Labute approximate surface area is 83.1 Å². The van der Waals surface area contributed by atoms with Gasteiger partial charge in [-0.15, -0.1) is 0 Å². The molecule has 0 aromatic carbocycles. The Bertz CT molecular complexity index is 401. The van der Waals surface area contributed by atoms with Gasteiger partial charge in [0.25, 0.3) is 0 Å². The van der Waals surface area contributed by atoms with Crippen molar-refractivity contribution in [3.63, 3.8) is 0 Å². The summed E-state index contributed by atoms with van der Waals surface area (Å²) in [6, 6.07) is 0. The number of rotatable bonds is 3. The van der Waals surface area contributed by atoms with Crippen molar-refractivity contribution >= 4 is 21.5 Å². The molecule has 0 amide bonds. The number of aryl methyl sites for hydroxylation is 1. The summed E-state index contributed by atoms with van der Waals surface area (Å²) < 4.78 is 26.8. The Morgan fingerprint density at radius 1 is 1.57 bits per heavy atom. The molecule has 0 atom stereocenters. The van der Waals surface area contributed by atoms with Gasteiger partial charge in [-0.05, 0) is 13.8 Å². The summed E-state index contributed by atoms with van der Waals surface area (Å²) in [5.41, 5.74) is 5.85. The summed E-state index contributed by atoms with van der Waals surface area (Å²) in [5, 5.41) is 3.32. The van der Waals surface area contributed by atoms with Gasteiger partial charge >= 0.3 is 0 Å². The Morgan fingerprint density at radius 3 is 2.50 bits per heavy atom. The highest BCUT2D eigenvalue weighted by Crippen LogP contribution is 2.18. The molecule has 1 aromatic heterocycles. The lowest BCUT2D eigenvalue weighted by molar-refractivity contribution is 0.592. The largest absolute Gasteiger partial charge is 0.394 e. The zero-order valence-corrected chi connectivity index (χ0v) is 9.17. The first-order chi connectivity index (χ1) is 6.34. The summed E-state index contributed by atoms with van der Waals surface area (Å²) >= 11 is 0. The van der Waals surface area contributed by atoms with Crippen molar-refractivity contribution in [1.29, 1.82) is 0 Å². The van der Waals surface area contributed by atoms with E-state index < -0.39 is 15.3 Å². The minimum absolute atomic E-state index is 0.304. The van der Waals surface area contributed by atoms with Crippen molar-refractivity contribution < 1.29 is 8.42 Å². The average molecular weight is 218 g/mol. The zero-order valence-electron chi connectivity index (χ0n) is 8.35. The second-order valence-corrected chi connectivity index (χ2v) is 5.50. The molecule has 0 aliphatic carbocycles. The van der Waals surface area contributed by atoms with Gasteiger partial charge in [0.2, 0.25) is 10.0 Å². The Morgan fingerprint density at radius 2 is 2.14 bits per heavy atom. The first-order valence-electron chi connectivity index (χ1n) is 4.13. The van der Waals surface area contributed by atoms with E-state index in [0.29, 0.717) is 11.5 Å². The van der Waals surface area contributed by atoms with Crippen molar-refractivity contribution in [2.24, 2.45) is 7.05 Å². The smallest absolute Gasteiger partial charge is 0.236 e. The van der Waals surface area contributed by atoms with Crippen LogP contribution >= 0.6 is 0 Å². The highest BCUT2D eigenvalue weighted by Gasteiger charge is 2.18. The molecule has 3 N–H and O–H groups in total. The minimum Gasteiger partial charge on any atom is -0.394 e. The molecule has 0 fully saturated rings. The maximum absolute atomic E-state index is 11.5. The summed E-state index contributed by atoms with van der Waals surface area (Å²) in [4.78, 5) is 0. The molecule has 7 heteroatoms. The monoisotopic (exact) mass is 218 g/mol. The molecule has 0 radical (unpaired) electrons. The molecule has 0 bridgehead atoms. The molecule has 0 saturated heterocycles. The van der Waals surface area contributed by atoms with Gasteiger partial charge in [0.1, 0.15) is 0 Å². The third kappa shape index (κ3) is 1.98. The second-order valence-electron chi connectivity index (χ2n) is 3.27. The Kier molecular flexibility index (Phi) is 2.70. The van der Waals surface area contributed by atoms with Crippen LogP contribution in [-0.2, 0) is 17.1 Å². The highest BCUT2D eigenvalue weighted by molar-refractivity contribution is 7.93. The fourth-order valence-electron chi connectivity index (χ4n) is 0.832. The first kappa shape index (κ1) is 10.8. The van der Waals surface area contributed by atoms with Crippen LogP contribution in [0.1, 0.15) is 13.8 Å². The van der Waals surface area contributed by atoms with E-state index in [4.69, 9.17) is 5.73 Å². The molecular formula is C7H14N4O2S. The van der Waals surface area contributed by atoms with Crippen molar-refractivity contribution in [2.45, 2.75) is 19.1 Å². The lowest BCUT2D eigenvalue weighted by Crippen LogP contribution is -2.24. The van der Waals surface area contributed by atoms with Crippen LogP contribution in [-0.4, -0.2) is 23.4 Å². The van der Waals surface area contributed by atoms with E-state index in [0.717, 1.165) is 0 Å². The molecular weight excluding hydrogens is 204 g/mol. The summed E-state index contributed by atoms with van der Waals surface area (Å²) in [6.45, 7) is 3.18. The highest BCUT2D eigenvalue weighted by atomic mass is 32.2. The molecule has 0 aliphatic heterocycles. The van der Waals surface area contributed by atoms with Gasteiger partial charge in [-0.2, -0.15) is 5.10 Å². The molecule has 1 rings (SSSR count). The SMILES string of the molecule is CC(C)S(=O)(=O)Nc1c(N)cnn1C. The number of sulfonamides is 1. The first-order valence-corrected chi connectivity index (χ1v) is 5.68. The molecule has 6 nitrogen and oxygen atoms in total. The van der Waals surface area contributed by atoms with Crippen LogP contribution in [0.25, 0.3) is 0 Å². The molecule has 80 valence electrons. The number of nitrogens with one attached hydrogen (secondary N) is 1. The topological polar surface area (TPSA) is 90.0 Å². The third-order valence-electron chi connectivity index (χ3n) is 1.83. The van der Waals surface area contributed by atoms with E-state index in [1.807, 2.05) is 0 Å². The van der Waals surface area contributed by atoms with Crippen molar-refractivity contribution in [3.8, 4) is 0 Å². The van der Waals surface area contributed by atoms with E-state index in [9.17, 15) is 8.42 Å². The van der Waals surface area contributed by atoms with Crippen molar-refractivity contribution in [3.05, 3.63) is 6.20 Å². The van der Waals surface area contributed by atoms with Gasteiger partial charge < -0.3 is 5.73 Å². The van der Waals surface area contributed by atoms with Crippen LogP contribution < -0.4 is 10.5 Å². The number of nitrogen functional groups attached to an aromatic ring is 1. The van der Waals surface area contributed by atoms with E-state index in [-0.39, 0.29) is 0 Å². The molecule has 0 aliphatic rings. The van der Waals surface area contributed by atoms with E-state index in [1.54, 1.807) is 20.9 Å². The number of hydrogen-bond donors (Lipinski definition) is 2. The van der Waals surface area contributed by atoms with E-state index in [2.05, 4.69) is 9.82 Å². The third-order valence-corrected chi connectivity index (χ3v) is 3.55. The lowest BCUT2D eigenvalue weighted by Gasteiger charge is -2.11. The Balaban J connectivity index is 3.01. The number of aromatic nitrogens is 2. The Hall–Kier alpha value is -1.24. The average Bonchev–Trinajstić information content (AvgIpc) is 2.35. The molecule has 14 heavy (non-hydrogen) atoms. The van der Waals surface area contributed by atoms with Crippen LogP contribution in [0.2, 0.25) is 0 Å². The predicted octanol–water partition coefficient (Wildman–Crippen LogP) is 0.152. The van der Waals surface area contributed by atoms with Crippen molar-refractivity contribution in [2.75, 3.05) is 10.5 Å². The number of hydrogen-bond acceptors (Lipinski definition) is 4. The van der Waals surface area contributed by atoms with Gasteiger partial charge in [-0.25, -0.2) is 8.42 Å². The normalized spacial score (nSPS) is 12.0. The molecule has 0 spiro atoms. The van der Waals surface area contributed by atoms with Crippen LogP contribution in [0.15, 0.2) is 6.20 Å². The van der Waals surface area contributed by atoms with E-state index in [1.165, 1.54) is 10.9 Å². The maximum atomic E-state index is 11.5. The number of nitrogens with two attached hydrogens (primary N) is 1. The van der Waals surface area contributed by atoms with Crippen LogP contribution in [0.3, 0.4) is 0 Å². The summed E-state index contributed by atoms with van der Waals surface area (Å²) in [5.74, 6) is 0.304. The van der Waals surface area contributed by atoms with Gasteiger partial charge in [0.05, 0.1) is 17.1 Å². The minimum atomic E-state index is -3.36. The molecule has 0 saturated carbocycles. The fourth-order valence-corrected chi connectivity index (χ4v) is 1.59. The van der Waals surface area contributed by atoms with Gasteiger partial charge in [0, 0.05) is 7.05 Å². The van der Waals surface area contributed by atoms with Gasteiger partial charge in [-0.3, -0.25) is 9.40 Å². The quantitative estimate of drug-likeness (QED) is 0.755. The molecule has 1 aromatic rings. The van der Waals surface area contributed by atoms with Crippen LogP contribution in [0.4, 0.5) is 11.5 Å². The van der Waals surface area contributed by atoms with Crippen molar-refractivity contribution in [1.82, 2.24) is 9.78 Å². The second kappa shape index (κ2) is 3.49. The van der Waals surface area contributed by atoms with E-state index >= 15 is 0 Å². The van der Waals surface area contributed by atoms with Gasteiger partial charge in [-0.1, -0.05) is 0 Å². The number of anilines is 2. The molecule has 1 heterocycles. The zero-order chi connectivity index (χ0) is 10.9. The van der Waals surface area contributed by atoms with Crippen LogP contribution in [0.5, 0.6) is 0 Å². The number of nitrogens with zero attached hydrogens (tertiary/aromatic N) is 2. The fraction of sp³-hybridized carbons (Fsp3) is 0.571. The standard InChI is InChI=1S/C7H14N4O2S/c1-5(2)14(12,13)10-7-6(8)4-9-11(7)3/h4-5,10H,8H2,1-3H3.